The molecule has 0 spiro atoms. The van der Waals surface area contributed by atoms with Gasteiger partial charge < -0.3 is 14.0 Å². The highest BCUT2D eigenvalue weighted by Crippen LogP contribution is 2.42. The molecule has 0 bridgehead atoms. The topological polar surface area (TPSA) is 70.4 Å². The monoisotopic (exact) mass is 466 g/mol. The van der Waals surface area contributed by atoms with Crippen LogP contribution in [0.5, 0.6) is 5.75 Å². The smallest absolute Gasteiger partial charge is 0.338 e. The number of imidazole rings is 1. The number of nitrogens with zero attached hydrogens (tertiary/aromatic N) is 2. The summed E-state index contributed by atoms with van der Waals surface area (Å²) >= 11 is 0. The van der Waals surface area contributed by atoms with Crippen LogP contribution in [0.25, 0.3) is 11.1 Å². The molecule has 176 valence electrons. The van der Waals surface area contributed by atoms with Crippen LogP contribution in [0.4, 0.5) is 0 Å². The first kappa shape index (κ1) is 22.6. The minimum Gasteiger partial charge on any atom is -0.483 e. The Balaban J connectivity index is 1.67. The summed E-state index contributed by atoms with van der Waals surface area (Å²) in [6, 6.07) is 21.1. The van der Waals surface area contributed by atoms with E-state index in [-0.39, 0.29) is 11.9 Å². The zero-order chi connectivity index (χ0) is 24.2. The molecule has 1 unspecified atom stereocenters. The largest absolute Gasteiger partial charge is 0.483 e. The van der Waals surface area contributed by atoms with Gasteiger partial charge in [-0.1, -0.05) is 48.5 Å². The second kappa shape index (κ2) is 9.97. The molecule has 0 saturated heterocycles. The lowest BCUT2D eigenvalue weighted by molar-refractivity contribution is 0.0601. The quantitative estimate of drug-likeness (QED) is 0.328. The molecule has 1 aliphatic rings. The molecule has 0 N–H and O–H groups in total. The molecule has 0 amide bonds. The normalized spacial score (nSPS) is 13.7. The fraction of sp³-hybridized carbons (Fsp3) is 0.207. The number of rotatable bonds is 7. The number of ketones is 1. The summed E-state index contributed by atoms with van der Waals surface area (Å²) in [4.78, 5) is 29.6. The van der Waals surface area contributed by atoms with Crippen molar-refractivity contribution in [1.82, 2.24) is 9.55 Å². The summed E-state index contributed by atoms with van der Waals surface area (Å²) < 4.78 is 13.8. The van der Waals surface area contributed by atoms with Gasteiger partial charge in [-0.25, -0.2) is 9.78 Å². The van der Waals surface area contributed by atoms with Crippen LogP contribution in [-0.2, 0) is 17.7 Å². The molecule has 35 heavy (non-hydrogen) atoms. The Morgan fingerprint density at radius 2 is 1.80 bits per heavy atom. The lowest BCUT2D eigenvalue weighted by Crippen LogP contribution is -2.17. The van der Waals surface area contributed by atoms with E-state index >= 15 is 0 Å². The van der Waals surface area contributed by atoms with Gasteiger partial charge in [-0.05, 0) is 42.2 Å². The molecule has 6 nitrogen and oxygen atoms in total. The number of aromatic nitrogens is 2. The van der Waals surface area contributed by atoms with Gasteiger partial charge in [0.2, 0.25) is 0 Å². The van der Waals surface area contributed by atoms with Gasteiger partial charge in [-0.2, -0.15) is 0 Å². The zero-order valence-corrected chi connectivity index (χ0v) is 19.5. The van der Waals surface area contributed by atoms with Crippen molar-refractivity contribution >= 4 is 11.8 Å². The summed E-state index contributed by atoms with van der Waals surface area (Å²) in [7, 11) is 1.37. The van der Waals surface area contributed by atoms with E-state index in [4.69, 9.17) is 9.47 Å². The number of Topliss-reactive ketones (excluding diaryl/α,β-unsaturated/α-hetero) is 1. The Kier molecular flexibility index (Phi) is 6.44. The first-order valence-corrected chi connectivity index (χ1v) is 11.7. The number of benzene rings is 3. The number of ether oxygens (including phenoxy) is 2. The standard InChI is InChI=1S/C29H26N2O4/c1-34-29(33)24-11-6-5-10-23(24)28-22-12-7-13-25(32)21(22)14-15-26(28)35-27(18-31-17-16-30-19-31)20-8-3-2-4-9-20/h2-6,8-11,14-17,19,27H,7,12-13,18H2,1H3. The van der Waals surface area contributed by atoms with Crippen molar-refractivity contribution in [3.8, 4) is 16.9 Å². The number of methoxy groups -OCH3 is 1. The van der Waals surface area contributed by atoms with Crippen LogP contribution in [0.1, 0.15) is 50.8 Å². The number of esters is 1. The first-order valence-electron chi connectivity index (χ1n) is 11.7. The highest BCUT2D eigenvalue weighted by molar-refractivity contribution is 6.04. The molecule has 6 heteroatoms. The zero-order valence-electron chi connectivity index (χ0n) is 19.5. The van der Waals surface area contributed by atoms with Gasteiger partial charge in [0.15, 0.2) is 5.78 Å². The van der Waals surface area contributed by atoms with Crippen LogP contribution in [0.2, 0.25) is 0 Å². The number of hydrogen-bond acceptors (Lipinski definition) is 5. The van der Waals surface area contributed by atoms with Gasteiger partial charge in [-0.3, -0.25) is 4.79 Å². The second-order valence-corrected chi connectivity index (χ2v) is 8.56. The van der Waals surface area contributed by atoms with Crippen LogP contribution in [0.15, 0.2) is 85.5 Å². The highest BCUT2D eigenvalue weighted by Gasteiger charge is 2.27. The van der Waals surface area contributed by atoms with E-state index in [1.807, 2.05) is 71.4 Å². The van der Waals surface area contributed by atoms with Crippen molar-refractivity contribution in [3.05, 3.63) is 108 Å². The minimum absolute atomic E-state index is 0.118. The maximum atomic E-state index is 12.8. The molecule has 4 aromatic rings. The average molecular weight is 467 g/mol. The third-order valence-electron chi connectivity index (χ3n) is 6.38. The lowest BCUT2D eigenvalue weighted by atomic mass is 9.83. The number of carbonyl (C=O) groups excluding carboxylic acids is 2. The van der Waals surface area contributed by atoms with Gasteiger partial charge in [0.1, 0.15) is 11.9 Å². The molecule has 5 rings (SSSR count). The summed E-state index contributed by atoms with van der Waals surface area (Å²) in [5.41, 5.74) is 4.56. The summed E-state index contributed by atoms with van der Waals surface area (Å²) in [6.07, 6.45) is 7.12. The maximum Gasteiger partial charge on any atom is 0.338 e. The molecular weight excluding hydrogens is 440 g/mol. The van der Waals surface area contributed by atoms with Crippen LogP contribution >= 0.6 is 0 Å². The Morgan fingerprint density at radius 3 is 2.57 bits per heavy atom. The Bertz CT molecular complexity index is 1350. The Labute approximate surface area is 204 Å². The van der Waals surface area contributed by atoms with E-state index in [1.54, 1.807) is 18.6 Å². The predicted molar refractivity (Wildman–Crippen MR) is 133 cm³/mol. The van der Waals surface area contributed by atoms with Gasteiger partial charge >= 0.3 is 5.97 Å². The van der Waals surface area contributed by atoms with Crippen molar-refractivity contribution in [2.24, 2.45) is 0 Å². The van der Waals surface area contributed by atoms with E-state index in [1.165, 1.54) is 7.11 Å². The third-order valence-corrected chi connectivity index (χ3v) is 6.38. The van der Waals surface area contributed by atoms with E-state index in [2.05, 4.69) is 4.98 Å². The van der Waals surface area contributed by atoms with Crippen molar-refractivity contribution in [1.29, 1.82) is 0 Å². The van der Waals surface area contributed by atoms with E-state index < -0.39 is 5.97 Å². The molecule has 0 saturated carbocycles. The van der Waals surface area contributed by atoms with E-state index in [0.29, 0.717) is 35.4 Å². The minimum atomic E-state index is -0.427. The molecule has 1 aromatic heterocycles. The molecule has 0 fully saturated rings. The van der Waals surface area contributed by atoms with Crippen LogP contribution in [0.3, 0.4) is 0 Å². The number of fused-ring (bicyclic) bond motifs is 1. The lowest BCUT2D eigenvalue weighted by Gasteiger charge is -2.26. The summed E-state index contributed by atoms with van der Waals surface area (Å²) in [5, 5.41) is 0. The predicted octanol–water partition coefficient (Wildman–Crippen LogP) is 5.68. The third kappa shape index (κ3) is 4.60. The second-order valence-electron chi connectivity index (χ2n) is 8.56. The summed E-state index contributed by atoms with van der Waals surface area (Å²) in [6.45, 7) is 0.554. The van der Waals surface area contributed by atoms with Crippen LogP contribution < -0.4 is 4.74 Å². The van der Waals surface area contributed by atoms with E-state index in [9.17, 15) is 9.59 Å². The van der Waals surface area contributed by atoms with Crippen LogP contribution in [0, 0.1) is 0 Å². The SMILES string of the molecule is COC(=O)c1ccccc1-c1c(OC(Cn2ccnc2)c2ccccc2)ccc2c1CCCC2=O. The molecule has 3 aromatic carbocycles. The molecule has 1 aliphatic carbocycles. The van der Waals surface area contributed by atoms with Gasteiger partial charge in [0.25, 0.3) is 0 Å². The van der Waals surface area contributed by atoms with Crippen molar-refractivity contribution < 1.29 is 19.1 Å². The Hall–Kier alpha value is -4.19. The fourth-order valence-corrected chi connectivity index (χ4v) is 4.71. The maximum absolute atomic E-state index is 12.8. The molecule has 0 aliphatic heterocycles. The molecule has 0 radical (unpaired) electrons. The fourth-order valence-electron chi connectivity index (χ4n) is 4.71. The average Bonchev–Trinajstić information content (AvgIpc) is 3.42. The number of carbonyl (C=O) groups is 2. The Morgan fingerprint density at radius 1 is 1.00 bits per heavy atom. The van der Waals surface area contributed by atoms with Crippen molar-refractivity contribution in [2.75, 3.05) is 7.11 Å². The summed E-state index contributed by atoms with van der Waals surface area (Å²) in [5.74, 6) is 0.320. The van der Waals surface area contributed by atoms with Gasteiger partial charge in [-0.15, -0.1) is 0 Å². The van der Waals surface area contributed by atoms with Crippen LogP contribution in [-0.4, -0.2) is 28.4 Å². The van der Waals surface area contributed by atoms with Gasteiger partial charge in [0.05, 0.1) is 25.5 Å². The molecule has 1 atom stereocenters. The van der Waals surface area contributed by atoms with E-state index in [0.717, 1.165) is 29.5 Å². The van der Waals surface area contributed by atoms with Crippen molar-refractivity contribution in [2.45, 2.75) is 31.9 Å². The molecule has 1 heterocycles. The highest BCUT2D eigenvalue weighted by atomic mass is 16.5. The van der Waals surface area contributed by atoms with Gasteiger partial charge in [0, 0.05) is 35.5 Å². The van der Waals surface area contributed by atoms with Crippen molar-refractivity contribution in [3.63, 3.8) is 0 Å². The first-order chi connectivity index (χ1) is 17.2. The molecular formula is C29H26N2O4. The number of hydrogen-bond donors (Lipinski definition) is 0.